The Kier molecular flexibility index (Phi) is 4.30. The second kappa shape index (κ2) is 6.92. The van der Waals surface area contributed by atoms with Gasteiger partial charge < -0.3 is 10.1 Å². The van der Waals surface area contributed by atoms with Gasteiger partial charge in [0.05, 0.1) is 12.7 Å². The Morgan fingerprint density at radius 2 is 1.67 bits per heavy atom. The number of anilines is 1. The van der Waals surface area contributed by atoms with E-state index in [1.807, 2.05) is 60.7 Å². The van der Waals surface area contributed by atoms with Gasteiger partial charge in [-0.25, -0.2) is 4.79 Å². The molecule has 0 aromatic heterocycles. The van der Waals surface area contributed by atoms with E-state index in [2.05, 4.69) is 5.32 Å². The maximum atomic E-state index is 12.5. The van der Waals surface area contributed by atoms with Gasteiger partial charge in [0, 0.05) is 16.8 Å². The van der Waals surface area contributed by atoms with Crippen molar-refractivity contribution in [1.82, 2.24) is 0 Å². The summed E-state index contributed by atoms with van der Waals surface area (Å²) in [7, 11) is 1.33. The summed E-state index contributed by atoms with van der Waals surface area (Å²) in [5.41, 5.74) is 5.47. The number of carbonyl (C=O) groups excluding carboxylic acids is 2. The van der Waals surface area contributed by atoms with Crippen LogP contribution in [0.3, 0.4) is 0 Å². The summed E-state index contributed by atoms with van der Waals surface area (Å²) >= 11 is 0. The fourth-order valence-corrected chi connectivity index (χ4v) is 3.24. The average molecular weight is 355 g/mol. The highest BCUT2D eigenvalue weighted by atomic mass is 16.5. The molecule has 1 heterocycles. The summed E-state index contributed by atoms with van der Waals surface area (Å²) in [6.45, 7) is 0. The van der Waals surface area contributed by atoms with E-state index >= 15 is 0 Å². The maximum Gasteiger partial charge on any atom is 0.337 e. The number of fused-ring (bicyclic) bond motifs is 1. The number of methoxy groups -OCH3 is 1. The summed E-state index contributed by atoms with van der Waals surface area (Å²) in [6, 6.07) is 23.1. The molecule has 0 unspecified atom stereocenters. The van der Waals surface area contributed by atoms with E-state index in [9.17, 15) is 9.59 Å². The molecule has 0 bridgehead atoms. The molecule has 0 atom stereocenters. The SMILES string of the molecule is COC(=O)c1ccc2c(c1)NC(=O)/C2=C/c1ccccc1-c1ccccc1. The molecule has 27 heavy (non-hydrogen) atoms. The van der Waals surface area contributed by atoms with Crippen LogP contribution >= 0.6 is 0 Å². The van der Waals surface area contributed by atoms with Crippen LogP contribution in [0.4, 0.5) is 5.69 Å². The second-order valence-corrected chi connectivity index (χ2v) is 6.22. The van der Waals surface area contributed by atoms with E-state index in [1.54, 1.807) is 18.2 Å². The summed E-state index contributed by atoms with van der Waals surface area (Å²) < 4.78 is 4.74. The van der Waals surface area contributed by atoms with Gasteiger partial charge in [-0.1, -0.05) is 60.7 Å². The van der Waals surface area contributed by atoms with Crippen LogP contribution in [0.2, 0.25) is 0 Å². The molecule has 132 valence electrons. The van der Waals surface area contributed by atoms with Crippen molar-refractivity contribution in [1.29, 1.82) is 0 Å². The molecule has 0 spiro atoms. The molecule has 4 heteroatoms. The normalized spacial score (nSPS) is 14.0. The molecule has 4 nitrogen and oxygen atoms in total. The fraction of sp³-hybridized carbons (Fsp3) is 0.0435. The summed E-state index contributed by atoms with van der Waals surface area (Å²) in [4.78, 5) is 24.3. The van der Waals surface area contributed by atoms with E-state index in [0.717, 1.165) is 22.3 Å². The van der Waals surface area contributed by atoms with Crippen LogP contribution < -0.4 is 5.32 Å². The van der Waals surface area contributed by atoms with E-state index < -0.39 is 5.97 Å². The molecule has 0 saturated heterocycles. The van der Waals surface area contributed by atoms with Crippen molar-refractivity contribution in [3.8, 4) is 11.1 Å². The zero-order chi connectivity index (χ0) is 18.8. The lowest BCUT2D eigenvalue weighted by molar-refractivity contribution is -0.110. The van der Waals surface area contributed by atoms with Gasteiger partial charge in [0.15, 0.2) is 0 Å². The highest BCUT2D eigenvalue weighted by Crippen LogP contribution is 2.35. The van der Waals surface area contributed by atoms with Crippen molar-refractivity contribution >= 4 is 29.2 Å². The largest absolute Gasteiger partial charge is 0.465 e. The minimum absolute atomic E-state index is 0.185. The molecule has 4 rings (SSSR count). The van der Waals surface area contributed by atoms with Crippen molar-refractivity contribution in [2.75, 3.05) is 12.4 Å². The van der Waals surface area contributed by atoms with Gasteiger partial charge >= 0.3 is 5.97 Å². The van der Waals surface area contributed by atoms with Crippen molar-refractivity contribution in [2.45, 2.75) is 0 Å². The molecule has 1 amide bonds. The molecule has 0 fully saturated rings. The Hall–Kier alpha value is -3.66. The van der Waals surface area contributed by atoms with Crippen molar-refractivity contribution < 1.29 is 14.3 Å². The van der Waals surface area contributed by atoms with Gasteiger partial charge in [0.1, 0.15) is 0 Å². The highest BCUT2D eigenvalue weighted by Gasteiger charge is 2.25. The van der Waals surface area contributed by atoms with Crippen molar-refractivity contribution in [2.24, 2.45) is 0 Å². The first-order valence-corrected chi connectivity index (χ1v) is 8.57. The summed E-state index contributed by atoms with van der Waals surface area (Å²) in [5, 5.41) is 2.83. The molecule has 3 aromatic carbocycles. The molecule has 1 N–H and O–H groups in total. The van der Waals surface area contributed by atoms with Gasteiger partial charge in [0.2, 0.25) is 0 Å². The zero-order valence-corrected chi connectivity index (χ0v) is 14.7. The lowest BCUT2D eigenvalue weighted by Crippen LogP contribution is -2.04. The minimum atomic E-state index is -0.432. The topological polar surface area (TPSA) is 55.4 Å². The van der Waals surface area contributed by atoms with Crippen LogP contribution in [0.25, 0.3) is 22.8 Å². The van der Waals surface area contributed by atoms with Crippen LogP contribution in [0.5, 0.6) is 0 Å². The second-order valence-electron chi connectivity index (χ2n) is 6.22. The molecule has 1 aliphatic rings. The average Bonchev–Trinajstić information content (AvgIpc) is 3.03. The first-order chi connectivity index (χ1) is 13.2. The molecule has 3 aromatic rings. The van der Waals surface area contributed by atoms with Crippen molar-refractivity contribution in [3.05, 3.63) is 89.5 Å². The van der Waals surface area contributed by atoms with Gasteiger partial charge in [0.25, 0.3) is 5.91 Å². The Labute approximate surface area is 157 Å². The third-order valence-corrected chi connectivity index (χ3v) is 4.57. The minimum Gasteiger partial charge on any atom is -0.465 e. The Morgan fingerprint density at radius 1 is 0.926 bits per heavy atom. The number of carbonyl (C=O) groups is 2. The van der Waals surface area contributed by atoms with Gasteiger partial charge in [-0.05, 0) is 34.9 Å². The van der Waals surface area contributed by atoms with E-state index in [1.165, 1.54) is 7.11 Å². The van der Waals surface area contributed by atoms with Crippen LogP contribution in [-0.2, 0) is 9.53 Å². The number of hydrogen-bond donors (Lipinski definition) is 1. The van der Waals surface area contributed by atoms with Gasteiger partial charge in [-0.3, -0.25) is 4.79 Å². The molecule has 1 aliphatic heterocycles. The standard InChI is InChI=1S/C23H17NO3/c1-27-23(26)17-11-12-19-20(22(25)24-21(19)14-17)13-16-9-5-6-10-18(16)15-7-3-2-4-8-15/h2-14H,1H3,(H,24,25)/b20-13+. The number of rotatable bonds is 3. The number of esters is 1. The summed E-state index contributed by atoms with van der Waals surface area (Å²) in [5.74, 6) is -0.617. The zero-order valence-electron chi connectivity index (χ0n) is 14.7. The number of amides is 1. The quantitative estimate of drug-likeness (QED) is 0.550. The lowest BCUT2D eigenvalue weighted by atomic mass is 9.96. The number of benzene rings is 3. The molecular weight excluding hydrogens is 338 g/mol. The highest BCUT2D eigenvalue weighted by molar-refractivity contribution is 6.35. The number of nitrogens with one attached hydrogen (secondary N) is 1. The number of ether oxygens (including phenoxy) is 1. The smallest absolute Gasteiger partial charge is 0.337 e. The third kappa shape index (κ3) is 3.13. The monoisotopic (exact) mass is 355 g/mol. The fourth-order valence-electron chi connectivity index (χ4n) is 3.24. The number of hydrogen-bond acceptors (Lipinski definition) is 3. The molecule has 0 saturated carbocycles. The third-order valence-electron chi connectivity index (χ3n) is 4.57. The van der Waals surface area contributed by atoms with Crippen molar-refractivity contribution in [3.63, 3.8) is 0 Å². The predicted octanol–water partition coefficient (Wildman–Crippen LogP) is 4.63. The van der Waals surface area contributed by atoms with E-state index in [4.69, 9.17) is 4.74 Å². The van der Waals surface area contributed by atoms with Crippen LogP contribution in [0.1, 0.15) is 21.5 Å². The summed E-state index contributed by atoms with van der Waals surface area (Å²) in [6.07, 6.45) is 1.89. The Bertz CT molecular complexity index is 1070. The Morgan fingerprint density at radius 3 is 2.44 bits per heavy atom. The molecule has 0 radical (unpaired) electrons. The van der Waals surface area contributed by atoms with Crippen LogP contribution in [0.15, 0.2) is 72.8 Å². The van der Waals surface area contributed by atoms with Crippen LogP contribution in [-0.4, -0.2) is 19.0 Å². The first kappa shape index (κ1) is 16.8. The van der Waals surface area contributed by atoms with E-state index in [-0.39, 0.29) is 5.91 Å². The van der Waals surface area contributed by atoms with Crippen LogP contribution in [0, 0.1) is 0 Å². The van der Waals surface area contributed by atoms with Gasteiger partial charge in [-0.2, -0.15) is 0 Å². The Balaban J connectivity index is 1.79. The molecule has 0 aliphatic carbocycles. The van der Waals surface area contributed by atoms with E-state index in [0.29, 0.717) is 16.8 Å². The molecular formula is C23H17NO3. The first-order valence-electron chi connectivity index (χ1n) is 8.57. The predicted molar refractivity (Wildman–Crippen MR) is 106 cm³/mol. The maximum absolute atomic E-state index is 12.5. The lowest BCUT2D eigenvalue weighted by Gasteiger charge is -2.07. The van der Waals surface area contributed by atoms with Gasteiger partial charge in [-0.15, -0.1) is 0 Å².